The molecule has 3 rings (SSSR count). The zero-order chi connectivity index (χ0) is 17.9. The Labute approximate surface area is 146 Å². The van der Waals surface area contributed by atoms with Crippen molar-refractivity contribution in [1.82, 2.24) is 0 Å². The van der Waals surface area contributed by atoms with E-state index in [2.05, 4.69) is 0 Å². The van der Waals surface area contributed by atoms with E-state index >= 15 is 0 Å². The van der Waals surface area contributed by atoms with Crippen molar-refractivity contribution in [2.24, 2.45) is 0 Å². The second-order valence-electron chi connectivity index (χ2n) is 5.69. The summed E-state index contributed by atoms with van der Waals surface area (Å²) in [4.78, 5) is 25.8. The van der Waals surface area contributed by atoms with Crippen molar-refractivity contribution < 1.29 is 19.8 Å². The molecule has 0 radical (unpaired) electrons. The molecule has 3 aromatic rings. The second-order valence-corrected chi connectivity index (χ2v) is 23.4. The van der Waals surface area contributed by atoms with Crippen molar-refractivity contribution >= 4 is 36.0 Å². The van der Waals surface area contributed by atoms with Gasteiger partial charge in [-0.2, -0.15) is 0 Å². The number of hydrogen-bond acceptors (Lipinski definition) is 2. The SMILES string of the molecule is O=[C](O)[Bi]([C](=O)O)([c]1ccccc1)([c]1ccccc1)[c]1ccccc1. The van der Waals surface area contributed by atoms with Crippen LogP contribution in [0.4, 0.5) is 9.59 Å². The van der Waals surface area contributed by atoms with Gasteiger partial charge in [0.25, 0.3) is 0 Å². The van der Waals surface area contributed by atoms with Gasteiger partial charge in [-0.3, -0.25) is 0 Å². The number of carboxylic acid groups (broad SMARTS) is 2. The molecule has 0 amide bonds. The third-order valence-corrected chi connectivity index (χ3v) is 26.1. The molecule has 0 saturated carbocycles. The van der Waals surface area contributed by atoms with Crippen LogP contribution in [0.1, 0.15) is 0 Å². The van der Waals surface area contributed by atoms with Crippen LogP contribution in [0.25, 0.3) is 0 Å². The molecule has 3 aromatic carbocycles. The molecule has 0 saturated heterocycles. The second kappa shape index (κ2) is 6.42. The minimum atomic E-state index is -6.10. The Kier molecular flexibility index (Phi) is 4.44. The summed E-state index contributed by atoms with van der Waals surface area (Å²) in [7, 11) is 0. The molecule has 0 aliphatic carbocycles. The molecule has 0 spiro atoms. The molecular weight excluding hydrogens is 513 g/mol. The van der Waals surface area contributed by atoms with Gasteiger partial charge in [0, 0.05) is 0 Å². The molecule has 0 fully saturated rings. The van der Waals surface area contributed by atoms with Gasteiger partial charge in [-0.1, -0.05) is 0 Å². The van der Waals surface area contributed by atoms with Crippen molar-refractivity contribution in [3.05, 3.63) is 91.0 Å². The summed E-state index contributed by atoms with van der Waals surface area (Å²) in [5.74, 6) is 0. The first-order valence-electron chi connectivity index (χ1n) is 7.71. The fourth-order valence-electron chi connectivity index (χ4n) is 3.37. The zero-order valence-electron chi connectivity index (χ0n) is 13.3. The van der Waals surface area contributed by atoms with E-state index in [-0.39, 0.29) is 0 Å². The Morgan fingerprint density at radius 3 is 0.960 bits per heavy atom. The van der Waals surface area contributed by atoms with Crippen LogP contribution in [0.3, 0.4) is 0 Å². The molecule has 25 heavy (non-hydrogen) atoms. The summed E-state index contributed by atoms with van der Waals surface area (Å²) in [5.41, 5.74) is 0. The first-order chi connectivity index (χ1) is 12.0. The van der Waals surface area contributed by atoms with E-state index in [1.807, 2.05) is 0 Å². The molecule has 0 aliphatic heterocycles. The Morgan fingerprint density at radius 2 is 0.760 bits per heavy atom. The van der Waals surface area contributed by atoms with Crippen LogP contribution in [0.15, 0.2) is 91.0 Å². The van der Waals surface area contributed by atoms with Crippen LogP contribution in [0.5, 0.6) is 0 Å². The van der Waals surface area contributed by atoms with E-state index in [1.165, 1.54) is 0 Å². The van der Waals surface area contributed by atoms with Gasteiger partial charge in [-0.25, -0.2) is 0 Å². The summed E-state index contributed by atoms with van der Waals surface area (Å²) in [5, 5.41) is 21.0. The molecule has 0 atom stereocenters. The van der Waals surface area contributed by atoms with Gasteiger partial charge in [0.1, 0.15) is 0 Å². The summed E-state index contributed by atoms with van der Waals surface area (Å²) in [6.07, 6.45) is 0. The monoisotopic (exact) mass is 530 g/mol. The molecule has 0 bridgehead atoms. The van der Waals surface area contributed by atoms with Gasteiger partial charge in [-0.15, -0.1) is 0 Å². The third kappa shape index (κ3) is 2.16. The first kappa shape index (κ1) is 17.3. The van der Waals surface area contributed by atoms with Gasteiger partial charge in [0.2, 0.25) is 0 Å². The van der Waals surface area contributed by atoms with Crippen molar-refractivity contribution in [3.63, 3.8) is 0 Å². The number of rotatable bonds is 5. The molecule has 5 heteroatoms. The number of carbonyl (C=O) groups is 2. The molecular formula is C20H17BiO4. The zero-order valence-corrected chi connectivity index (χ0v) is 16.8. The molecule has 2 N–H and O–H groups in total. The standard InChI is InChI=1S/3C6H5.2CHO2.Bi/c3*1-2-4-6-5-3-1;2*2-1-3;/h3*1-5H;2*(H,2,3);. The predicted octanol–water partition coefficient (Wildman–Crippen LogP) is 2.63. The predicted molar refractivity (Wildman–Crippen MR) is 100 cm³/mol. The van der Waals surface area contributed by atoms with Crippen molar-refractivity contribution in [2.75, 3.05) is 0 Å². The van der Waals surface area contributed by atoms with E-state index < -0.39 is 26.1 Å². The number of benzene rings is 3. The molecule has 0 heterocycles. The quantitative estimate of drug-likeness (QED) is 0.498. The van der Waals surface area contributed by atoms with Crippen LogP contribution in [-0.4, -0.2) is 36.3 Å². The minimum absolute atomic E-state index is 0.380. The summed E-state index contributed by atoms with van der Waals surface area (Å²) in [6, 6.07) is 25.3. The molecule has 0 aliphatic rings. The summed E-state index contributed by atoms with van der Waals surface area (Å²) in [6.45, 7) is 0. The van der Waals surface area contributed by atoms with Crippen molar-refractivity contribution in [1.29, 1.82) is 0 Å². The average Bonchev–Trinajstić information content (AvgIpc) is 2.65. The Balaban J connectivity index is 2.64. The fourth-order valence-corrected chi connectivity index (χ4v) is 21.6. The van der Waals surface area contributed by atoms with Crippen molar-refractivity contribution in [3.8, 4) is 0 Å². The molecule has 0 unspecified atom stereocenters. The van der Waals surface area contributed by atoms with E-state index in [0.717, 1.165) is 0 Å². The average molecular weight is 530 g/mol. The van der Waals surface area contributed by atoms with Crippen molar-refractivity contribution in [2.45, 2.75) is 0 Å². The normalized spacial score (nSPS) is 12.7. The van der Waals surface area contributed by atoms with Crippen LogP contribution in [0.2, 0.25) is 0 Å². The van der Waals surface area contributed by atoms with Crippen LogP contribution in [0, 0.1) is 0 Å². The molecule has 4 nitrogen and oxygen atoms in total. The van der Waals surface area contributed by atoms with E-state index in [4.69, 9.17) is 0 Å². The Morgan fingerprint density at radius 1 is 0.520 bits per heavy atom. The van der Waals surface area contributed by atoms with Gasteiger partial charge in [-0.05, 0) is 0 Å². The van der Waals surface area contributed by atoms with Gasteiger partial charge >= 0.3 is 147 Å². The van der Waals surface area contributed by atoms with E-state index in [1.54, 1.807) is 91.0 Å². The van der Waals surface area contributed by atoms with Gasteiger partial charge in [0.15, 0.2) is 0 Å². The van der Waals surface area contributed by atoms with Crippen LogP contribution < -0.4 is 9.81 Å². The molecule has 0 aromatic heterocycles. The van der Waals surface area contributed by atoms with Crippen LogP contribution in [-0.2, 0) is 0 Å². The molecule has 126 valence electrons. The topological polar surface area (TPSA) is 74.6 Å². The maximum atomic E-state index is 12.9. The first-order valence-corrected chi connectivity index (χ1v) is 16.4. The summed E-state index contributed by atoms with van der Waals surface area (Å²) < 4.78 is -1.35. The summed E-state index contributed by atoms with van der Waals surface area (Å²) >= 11 is -6.10. The fraction of sp³-hybridized carbons (Fsp3) is 0. The van der Waals surface area contributed by atoms with Gasteiger partial charge in [0.05, 0.1) is 0 Å². The number of hydrogen-bond donors (Lipinski definition) is 2. The maximum absolute atomic E-state index is 12.9. The van der Waals surface area contributed by atoms with Crippen LogP contribution >= 0.6 is 0 Å². The Bertz CT molecular complexity index is 791. The van der Waals surface area contributed by atoms with E-state index in [9.17, 15) is 19.8 Å². The van der Waals surface area contributed by atoms with Gasteiger partial charge < -0.3 is 0 Å². The third-order valence-electron chi connectivity index (χ3n) is 4.58. The van der Waals surface area contributed by atoms with E-state index in [0.29, 0.717) is 9.81 Å². The Hall–Kier alpha value is -2.52.